The van der Waals surface area contributed by atoms with Crippen molar-refractivity contribution >= 4 is 17.7 Å². The van der Waals surface area contributed by atoms with Gasteiger partial charge in [-0.3, -0.25) is 0 Å². The Labute approximate surface area is 196 Å². The Balaban J connectivity index is 1.58. The maximum absolute atomic E-state index is 15.1. The molecule has 1 unspecified atom stereocenters. The number of halogens is 4. The number of hydrogen-bond donors (Lipinski definition) is 0. The lowest BCUT2D eigenvalue weighted by Gasteiger charge is -2.37. The van der Waals surface area contributed by atoms with Gasteiger partial charge in [0.05, 0.1) is 12.0 Å². The Morgan fingerprint density at radius 3 is 2.48 bits per heavy atom. The van der Waals surface area contributed by atoms with Crippen LogP contribution in [0.2, 0.25) is 5.02 Å². The molecule has 0 saturated carbocycles. The van der Waals surface area contributed by atoms with E-state index in [4.69, 9.17) is 21.1 Å². The highest BCUT2D eigenvalue weighted by Gasteiger charge is 2.45. The van der Waals surface area contributed by atoms with Crippen LogP contribution in [0.5, 0.6) is 5.75 Å². The summed E-state index contributed by atoms with van der Waals surface area (Å²) in [5.41, 5.74) is -0.0489. The second-order valence-corrected chi connectivity index (χ2v) is 10.1. The van der Waals surface area contributed by atoms with E-state index in [1.807, 2.05) is 20.8 Å². The first kappa shape index (κ1) is 23.7. The van der Waals surface area contributed by atoms with Crippen LogP contribution in [0.3, 0.4) is 0 Å². The fourth-order valence-electron chi connectivity index (χ4n) is 4.46. The van der Waals surface area contributed by atoms with E-state index >= 15 is 8.78 Å². The third-order valence-corrected chi connectivity index (χ3v) is 6.27. The van der Waals surface area contributed by atoms with E-state index in [0.29, 0.717) is 31.5 Å². The van der Waals surface area contributed by atoms with Crippen LogP contribution in [-0.2, 0) is 10.7 Å². The molecule has 2 aliphatic rings. The summed E-state index contributed by atoms with van der Waals surface area (Å²) in [5.74, 6) is -3.79. The molecule has 1 saturated heterocycles. The van der Waals surface area contributed by atoms with Gasteiger partial charge in [-0.1, -0.05) is 29.8 Å². The predicted molar refractivity (Wildman–Crippen MR) is 120 cm³/mol. The number of likely N-dealkylation sites (tertiary alicyclic amines) is 1. The lowest BCUT2D eigenvalue weighted by atomic mass is 9.84. The molecule has 178 valence electrons. The summed E-state index contributed by atoms with van der Waals surface area (Å²) in [4.78, 5) is 14.0. The zero-order valence-corrected chi connectivity index (χ0v) is 19.6. The minimum Gasteiger partial charge on any atom is -0.485 e. The molecule has 2 aliphatic heterocycles. The van der Waals surface area contributed by atoms with E-state index in [2.05, 4.69) is 0 Å². The molecular formula is C25H27ClF3NO3. The zero-order valence-electron chi connectivity index (χ0n) is 18.8. The van der Waals surface area contributed by atoms with E-state index in [-0.39, 0.29) is 33.9 Å². The van der Waals surface area contributed by atoms with Gasteiger partial charge in [0, 0.05) is 23.7 Å². The molecule has 0 radical (unpaired) electrons. The molecule has 1 fully saturated rings. The third kappa shape index (κ3) is 5.08. The number of alkyl halides is 2. The van der Waals surface area contributed by atoms with Crippen LogP contribution < -0.4 is 4.74 Å². The normalized spacial score (nSPS) is 20.7. The minimum atomic E-state index is -3.17. The van der Waals surface area contributed by atoms with Gasteiger partial charge in [0.2, 0.25) is 0 Å². The molecule has 0 N–H and O–H groups in total. The molecule has 33 heavy (non-hydrogen) atoms. The fourth-order valence-corrected chi connectivity index (χ4v) is 4.62. The van der Waals surface area contributed by atoms with Crippen LogP contribution in [0.15, 0.2) is 36.4 Å². The van der Waals surface area contributed by atoms with Crippen molar-refractivity contribution in [2.24, 2.45) is 0 Å². The predicted octanol–water partition coefficient (Wildman–Crippen LogP) is 7.21. The van der Waals surface area contributed by atoms with E-state index < -0.39 is 29.9 Å². The van der Waals surface area contributed by atoms with Gasteiger partial charge < -0.3 is 14.4 Å². The zero-order chi connectivity index (χ0) is 24.0. The second kappa shape index (κ2) is 8.75. The Hall–Kier alpha value is -2.41. The van der Waals surface area contributed by atoms with Crippen LogP contribution in [0, 0.1) is 5.82 Å². The molecule has 0 aromatic heterocycles. The van der Waals surface area contributed by atoms with Gasteiger partial charge in [0.15, 0.2) is 0 Å². The number of carbonyl (C=O) groups is 1. The van der Waals surface area contributed by atoms with Gasteiger partial charge in [0.25, 0.3) is 5.92 Å². The van der Waals surface area contributed by atoms with Gasteiger partial charge in [0.1, 0.15) is 23.3 Å². The molecule has 2 aromatic carbocycles. The lowest BCUT2D eigenvalue weighted by molar-refractivity contribution is -0.0669. The number of amides is 1. The van der Waals surface area contributed by atoms with Crippen LogP contribution in [0.25, 0.3) is 0 Å². The largest absolute Gasteiger partial charge is 0.485 e. The van der Waals surface area contributed by atoms with E-state index in [9.17, 15) is 9.18 Å². The molecule has 0 spiro atoms. The number of piperidine rings is 1. The Bertz CT molecular complexity index is 1050. The van der Waals surface area contributed by atoms with Gasteiger partial charge in [-0.25, -0.2) is 18.0 Å². The number of ether oxygens (including phenoxy) is 2. The van der Waals surface area contributed by atoms with Crippen molar-refractivity contribution < 1.29 is 27.4 Å². The van der Waals surface area contributed by atoms with E-state index in [0.717, 1.165) is 6.07 Å². The molecule has 2 aromatic rings. The number of rotatable bonds is 2. The summed E-state index contributed by atoms with van der Waals surface area (Å²) < 4.78 is 56.2. The van der Waals surface area contributed by atoms with Crippen LogP contribution in [0.4, 0.5) is 18.0 Å². The summed E-state index contributed by atoms with van der Waals surface area (Å²) in [6, 6.07) is 8.72. The lowest BCUT2D eigenvalue weighted by Crippen LogP contribution is -2.41. The first-order chi connectivity index (χ1) is 15.4. The minimum absolute atomic E-state index is 0.0549. The summed E-state index contributed by atoms with van der Waals surface area (Å²) >= 11 is 5.82. The van der Waals surface area contributed by atoms with Crippen molar-refractivity contribution in [2.75, 3.05) is 13.1 Å². The van der Waals surface area contributed by atoms with Gasteiger partial charge >= 0.3 is 6.09 Å². The number of fused-ring (bicyclic) bond motifs is 1. The van der Waals surface area contributed by atoms with Gasteiger partial charge in [-0.15, -0.1) is 0 Å². The third-order valence-electron chi connectivity index (χ3n) is 6.04. The summed E-state index contributed by atoms with van der Waals surface area (Å²) in [6.07, 6.45) is -0.987. The first-order valence-electron chi connectivity index (χ1n) is 11.1. The number of nitrogens with zero attached hydrogens (tertiary/aromatic N) is 1. The Kier molecular flexibility index (Phi) is 6.29. The molecule has 4 rings (SSSR count). The molecule has 1 amide bonds. The maximum atomic E-state index is 15.1. The molecule has 2 heterocycles. The van der Waals surface area contributed by atoms with Crippen molar-refractivity contribution in [1.29, 1.82) is 0 Å². The molecule has 0 bridgehead atoms. The summed E-state index contributed by atoms with van der Waals surface area (Å²) in [5, 5.41) is 0.191. The second-order valence-electron chi connectivity index (χ2n) is 9.65. The van der Waals surface area contributed by atoms with E-state index in [1.54, 1.807) is 17.0 Å². The highest BCUT2D eigenvalue weighted by Crippen LogP contribution is 2.51. The number of hydrogen-bond acceptors (Lipinski definition) is 3. The highest BCUT2D eigenvalue weighted by atomic mass is 35.5. The average Bonchev–Trinajstić information content (AvgIpc) is 2.72. The summed E-state index contributed by atoms with van der Waals surface area (Å²) in [6.45, 7) is 6.34. The average molecular weight is 482 g/mol. The SMILES string of the molecule is CC(C)(C)OC(=O)N1CCC(c2cccc3c2OC(c2ccc(Cl)cc2F)CC3(F)F)CC1. The van der Waals surface area contributed by atoms with E-state index in [1.165, 1.54) is 18.2 Å². The molecular weight excluding hydrogens is 455 g/mol. The standard InChI is InChI=1S/C25H27ClF3NO3/c1-24(2,3)33-23(31)30-11-9-15(10-12-30)17-5-4-6-19-22(17)32-21(14-25(19,28)29)18-8-7-16(26)13-20(18)27/h4-8,13,15,21H,9-12,14H2,1-3H3. The van der Waals surface area contributed by atoms with Gasteiger partial charge in [-0.2, -0.15) is 0 Å². The summed E-state index contributed by atoms with van der Waals surface area (Å²) in [7, 11) is 0. The molecule has 8 heteroatoms. The van der Waals surface area contributed by atoms with Gasteiger partial charge in [-0.05, 0) is 63.3 Å². The monoisotopic (exact) mass is 481 g/mol. The van der Waals surface area contributed by atoms with Crippen molar-refractivity contribution in [3.8, 4) is 5.75 Å². The first-order valence-corrected chi connectivity index (χ1v) is 11.4. The smallest absolute Gasteiger partial charge is 0.410 e. The number of carbonyl (C=O) groups excluding carboxylic acids is 1. The molecule has 4 nitrogen and oxygen atoms in total. The number of para-hydroxylation sites is 1. The molecule has 0 aliphatic carbocycles. The highest BCUT2D eigenvalue weighted by molar-refractivity contribution is 6.30. The van der Waals surface area contributed by atoms with Crippen LogP contribution >= 0.6 is 11.6 Å². The molecule has 1 atom stereocenters. The fraction of sp³-hybridized carbons (Fsp3) is 0.480. The van der Waals surface area contributed by atoms with Crippen LogP contribution in [-0.4, -0.2) is 29.7 Å². The van der Waals surface area contributed by atoms with Crippen molar-refractivity contribution in [1.82, 2.24) is 4.90 Å². The quantitative estimate of drug-likeness (QED) is 0.455. The number of benzene rings is 2. The van der Waals surface area contributed by atoms with Crippen molar-refractivity contribution in [3.05, 3.63) is 63.9 Å². The maximum Gasteiger partial charge on any atom is 0.410 e. The van der Waals surface area contributed by atoms with Crippen molar-refractivity contribution in [3.63, 3.8) is 0 Å². The Morgan fingerprint density at radius 2 is 1.85 bits per heavy atom. The van der Waals surface area contributed by atoms with Crippen LogP contribution in [0.1, 0.15) is 68.7 Å². The van der Waals surface area contributed by atoms with Crippen molar-refractivity contribution in [2.45, 2.75) is 63.6 Å². The topological polar surface area (TPSA) is 38.8 Å². The Morgan fingerprint density at radius 1 is 1.15 bits per heavy atom.